The van der Waals surface area contributed by atoms with Crippen molar-refractivity contribution in [2.45, 2.75) is 388 Å². The second-order valence-corrected chi connectivity index (χ2v) is 31.3. The maximum absolute atomic E-state index is 13.1. The first-order valence-electron chi connectivity index (χ1n) is 38.2. The predicted molar refractivity (Wildman–Crippen MR) is 377 cm³/mol. The third-order valence-corrected chi connectivity index (χ3v) is 19.3. The Hall–Kier alpha value is -1.94. The summed E-state index contributed by atoms with van der Waals surface area (Å²) in [5.74, 6) is 0.917. The number of esters is 4. The van der Waals surface area contributed by atoms with Gasteiger partial charge in [-0.3, -0.25) is 37.3 Å². The first kappa shape index (κ1) is 91.1. The number of aliphatic hydroxyl groups excluding tert-OH is 1. The van der Waals surface area contributed by atoms with Crippen molar-refractivity contribution in [1.82, 2.24) is 0 Å². The van der Waals surface area contributed by atoms with E-state index in [4.69, 9.17) is 37.0 Å². The third kappa shape index (κ3) is 67.0. The lowest BCUT2D eigenvalue weighted by Gasteiger charge is -2.21. The molecule has 0 rings (SSSR count). The SMILES string of the molecule is CCC(C)CCCCCCCCC(=O)OC[C@H](COP(=O)(O)OC[C@H](O)COP(=O)(O)OC[C@@H](COC(=O)CCCCCCCCCCCCC(C)C)OC(=O)CCCCCCCCCCCCCC(C)C)OC(=O)CCCCCCCCCCCCCCCC(C)C. The van der Waals surface area contributed by atoms with Gasteiger partial charge in [0.05, 0.1) is 26.4 Å². The smallest absolute Gasteiger partial charge is 0.462 e. The molecule has 0 heterocycles. The number of phosphoric ester groups is 2. The van der Waals surface area contributed by atoms with Crippen LogP contribution in [0.25, 0.3) is 0 Å². The van der Waals surface area contributed by atoms with Gasteiger partial charge in [-0.1, -0.05) is 319 Å². The van der Waals surface area contributed by atoms with Crippen molar-refractivity contribution < 1.29 is 80.2 Å². The summed E-state index contributed by atoms with van der Waals surface area (Å²) in [5.41, 5.74) is 0. The first-order chi connectivity index (χ1) is 44.6. The topological polar surface area (TPSA) is 237 Å². The van der Waals surface area contributed by atoms with E-state index in [1.54, 1.807) is 0 Å². The molecule has 0 amide bonds. The standard InChI is InChI=1S/C74H144O17P2/c1-9-67(8)53-45-37-32-33-39-47-55-72(77)85-61-70(91-73(78)56-48-40-30-24-16-12-10-11-14-20-26-34-42-50-64(2)3)63-89-93(82,83)87-59-68(75)58-86-92(80,81)88-62-69(60-84-71(76)54-46-38-29-23-19-18-22-28-36-44-52-66(6)7)90-74(79)57-49-41-31-25-17-13-15-21-27-35-43-51-65(4)5/h64-70,75H,9-63H2,1-8H3,(H,80,81)(H,82,83)/t67?,68-,69-,70-/m1/s1. The fourth-order valence-electron chi connectivity index (χ4n) is 11.2. The lowest BCUT2D eigenvalue weighted by atomic mass is 10.00. The number of aliphatic hydroxyl groups is 1. The van der Waals surface area contributed by atoms with Gasteiger partial charge in [-0.25, -0.2) is 9.13 Å². The Labute approximate surface area is 568 Å². The van der Waals surface area contributed by atoms with Crippen molar-refractivity contribution in [1.29, 1.82) is 0 Å². The van der Waals surface area contributed by atoms with Crippen molar-refractivity contribution in [3.63, 3.8) is 0 Å². The van der Waals surface area contributed by atoms with Crippen molar-refractivity contribution in [3.05, 3.63) is 0 Å². The number of phosphoric acid groups is 2. The Morgan fingerprint density at radius 3 is 0.763 bits per heavy atom. The van der Waals surface area contributed by atoms with Crippen LogP contribution in [0, 0.1) is 23.7 Å². The molecule has 0 aromatic rings. The van der Waals surface area contributed by atoms with E-state index in [1.807, 2.05) is 0 Å². The van der Waals surface area contributed by atoms with E-state index in [9.17, 15) is 43.2 Å². The van der Waals surface area contributed by atoms with Crippen molar-refractivity contribution in [3.8, 4) is 0 Å². The molecular weight excluding hydrogens is 1220 g/mol. The summed E-state index contributed by atoms with van der Waals surface area (Å²) in [4.78, 5) is 72.7. The average molecular weight is 1370 g/mol. The number of hydrogen-bond acceptors (Lipinski definition) is 15. The number of ether oxygens (including phenoxy) is 4. The highest BCUT2D eigenvalue weighted by molar-refractivity contribution is 7.47. The third-order valence-electron chi connectivity index (χ3n) is 17.4. The monoisotopic (exact) mass is 1370 g/mol. The molecule has 0 aromatic carbocycles. The van der Waals surface area contributed by atoms with E-state index >= 15 is 0 Å². The van der Waals surface area contributed by atoms with E-state index in [1.165, 1.54) is 167 Å². The normalized spacial score (nSPS) is 14.5. The summed E-state index contributed by atoms with van der Waals surface area (Å²) < 4.78 is 68.5. The summed E-state index contributed by atoms with van der Waals surface area (Å²) in [6.07, 6.45) is 47.1. The molecule has 0 fully saturated rings. The van der Waals surface area contributed by atoms with Gasteiger partial charge >= 0.3 is 39.5 Å². The van der Waals surface area contributed by atoms with Crippen LogP contribution in [0.4, 0.5) is 0 Å². The highest BCUT2D eigenvalue weighted by Crippen LogP contribution is 2.45. The summed E-state index contributed by atoms with van der Waals surface area (Å²) >= 11 is 0. The maximum atomic E-state index is 13.1. The van der Waals surface area contributed by atoms with Crippen molar-refractivity contribution in [2.75, 3.05) is 39.6 Å². The second-order valence-electron chi connectivity index (χ2n) is 28.4. The van der Waals surface area contributed by atoms with Crippen molar-refractivity contribution >= 4 is 39.5 Å². The van der Waals surface area contributed by atoms with Gasteiger partial charge in [-0.15, -0.1) is 0 Å². The van der Waals surface area contributed by atoms with Gasteiger partial charge in [-0.05, 0) is 49.4 Å². The lowest BCUT2D eigenvalue weighted by molar-refractivity contribution is -0.161. The molecule has 0 saturated heterocycles. The molecule has 0 radical (unpaired) electrons. The van der Waals surface area contributed by atoms with Crippen LogP contribution in [0.2, 0.25) is 0 Å². The molecule has 17 nitrogen and oxygen atoms in total. The molecule has 3 unspecified atom stereocenters. The number of carbonyl (C=O) groups excluding carboxylic acids is 4. The van der Waals surface area contributed by atoms with Crippen LogP contribution in [-0.4, -0.2) is 96.7 Å². The van der Waals surface area contributed by atoms with Gasteiger partial charge in [0.2, 0.25) is 0 Å². The Morgan fingerprint density at radius 2 is 0.516 bits per heavy atom. The quantitative estimate of drug-likeness (QED) is 0.0222. The number of unbranched alkanes of at least 4 members (excludes halogenated alkanes) is 36. The van der Waals surface area contributed by atoms with Crippen LogP contribution in [0.3, 0.4) is 0 Å². The van der Waals surface area contributed by atoms with Crippen LogP contribution in [0.15, 0.2) is 0 Å². The van der Waals surface area contributed by atoms with E-state index in [0.717, 1.165) is 120 Å². The summed E-state index contributed by atoms with van der Waals surface area (Å²) in [5, 5.41) is 10.6. The first-order valence-corrected chi connectivity index (χ1v) is 41.2. The van der Waals surface area contributed by atoms with Crippen LogP contribution >= 0.6 is 15.6 Å². The number of carbonyl (C=O) groups is 4. The molecule has 0 aliphatic heterocycles. The predicted octanol–water partition coefficient (Wildman–Crippen LogP) is 21.3. The minimum Gasteiger partial charge on any atom is -0.462 e. The number of hydrogen-bond donors (Lipinski definition) is 3. The maximum Gasteiger partial charge on any atom is 0.472 e. The van der Waals surface area contributed by atoms with Gasteiger partial charge in [0.1, 0.15) is 19.3 Å². The molecule has 19 heteroatoms. The zero-order valence-corrected chi connectivity index (χ0v) is 62.7. The van der Waals surface area contributed by atoms with Crippen LogP contribution in [0.5, 0.6) is 0 Å². The summed E-state index contributed by atoms with van der Waals surface area (Å²) in [6.45, 7) is 14.2. The molecule has 6 atom stereocenters. The molecule has 3 N–H and O–H groups in total. The molecule has 552 valence electrons. The molecule has 0 saturated carbocycles. The van der Waals surface area contributed by atoms with Crippen molar-refractivity contribution in [2.24, 2.45) is 23.7 Å². The average Bonchev–Trinajstić information content (AvgIpc) is 1.63. The minimum absolute atomic E-state index is 0.106. The summed E-state index contributed by atoms with van der Waals surface area (Å²) in [7, 11) is -9.91. The summed E-state index contributed by atoms with van der Waals surface area (Å²) in [6, 6.07) is 0. The van der Waals surface area contributed by atoms with Gasteiger partial charge in [0.15, 0.2) is 12.2 Å². The Kier molecular flexibility index (Phi) is 62.2. The van der Waals surface area contributed by atoms with E-state index < -0.39 is 97.5 Å². The Morgan fingerprint density at radius 1 is 0.301 bits per heavy atom. The van der Waals surface area contributed by atoms with Gasteiger partial charge in [0, 0.05) is 25.7 Å². The Bertz CT molecular complexity index is 1840. The zero-order valence-electron chi connectivity index (χ0n) is 60.9. The van der Waals surface area contributed by atoms with E-state index in [-0.39, 0.29) is 25.7 Å². The minimum atomic E-state index is -4.96. The highest BCUT2D eigenvalue weighted by atomic mass is 31.2. The molecule has 0 aliphatic rings. The fraction of sp³-hybridized carbons (Fsp3) is 0.946. The molecule has 0 bridgehead atoms. The Balaban J connectivity index is 5.26. The van der Waals surface area contributed by atoms with Crippen LogP contribution in [0.1, 0.15) is 370 Å². The second kappa shape index (κ2) is 63.5. The van der Waals surface area contributed by atoms with Gasteiger partial charge in [-0.2, -0.15) is 0 Å². The van der Waals surface area contributed by atoms with Gasteiger partial charge < -0.3 is 33.8 Å². The van der Waals surface area contributed by atoms with E-state index in [2.05, 4.69) is 55.4 Å². The van der Waals surface area contributed by atoms with Crippen LogP contribution < -0.4 is 0 Å². The van der Waals surface area contributed by atoms with E-state index in [0.29, 0.717) is 25.7 Å². The number of rotatable bonds is 71. The molecule has 0 aliphatic carbocycles. The lowest BCUT2D eigenvalue weighted by Crippen LogP contribution is -2.30. The molecule has 0 spiro atoms. The fourth-order valence-corrected chi connectivity index (χ4v) is 12.7. The zero-order chi connectivity index (χ0) is 68.9. The highest BCUT2D eigenvalue weighted by Gasteiger charge is 2.30. The largest absolute Gasteiger partial charge is 0.472 e. The molecule has 0 aromatic heterocycles. The van der Waals surface area contributed by atoms with Crippen LogP contribution in [-0.2, 0) is 65.4 Å². The molecule has 93 heavy (non-hydrogen) atoms. The molecular formula is C74H144O17P2. The van der Waals surface area contributed by atoms with Gasteiger partial charge in [0.25, 0.3) is 0 Å².